The molecule has 0 aromatic carbocycles. The van der Waals surface area contributed by atoms with Crippen LogP contribution in [0, 0.1) is 6.92 Å². The number of rotatable bonds is 5. The molecule has 1 atom stereocenters. The molecule has 1 unspecified atom stereocenters. The van der Waals surface area contributed by atoms with Crippen LogP contribution < -0.4 is 0 Å². The summed E-state index contributed by atoms with van der Waals surface area (Å²) in [6, 6.07) is 4.36. The van der Waals surface area contributed by atoms with Gasteiger partial charge in [-0.05, 0) is 18.6 Å². The molecule has 3 aromatic rings. The van der Waals surface area contributed by atoms with E-state index in [2.05, 4.69) is 35.5 Å². The van der Waals surface area contributed by atoms with Crippen molar-refractivity contribution >= 4 is 0 Å². The third kappa shape index (κ3) is 3.33. The first-order valence-electron chi connectivity index (χ1n) is 8.56. The van der Waals surface area contributed by atoms with Crippen molar-refractivity contribution in [3.63, 3.8) is 0 Å². The first-order valence-corrected chi connectivity index (χ1v) is 8.56. The summed E-state index contributed by atoms with van der Waals surface area (Å²) in [5.74, 6) is 0.890. The van der Waals surface area contributed by atoms with Gasteiger partial charge in [0.15, 0.2) is 5.82 Å². The van der Waals surface area contributed by atoms with E-state index in [1.165, 1.54) is 5.56 Å². The number of morpholine rings is 1. The number of hydrogen-bond donors (Lipinski definition) is 1. The molecule has 0 spiro atoms. The molecule has 4 rings (SSSR count). The van der Waals surface area contributed by atoms with Crippen molar-refractivity contribution in [1.29, 1.82) is 0 Å². The molecule has 25 heavy (non-hydrogen) atoms. The van der Waals surface area contributed by atoms with Gasteiger partial charge in [-0.3, -0.25) is 9.88 Å². The van der Waals surface area contributed by atoms with Crippen molar-refractivity contribution in [1.82, 2.24) is 29.4 Å². The zero-order chi connectivity index (χ0) is 17.1. The second-order valence-electron chi connectivity index (χ2n) is 6.23. The fraction of sp³-hybridized carbons (Fsp3) is 0.389. The molecule has 130 valence electrons. The maximum absolute atomic E-state index is 5.53. The Hall–Kier alpha value is -2.51. The van der Waals surface area contributed by atoms with E-state index < -0.39 is 0 Å². The lowest BCUT2D eigenvalue weighted by Gasteiger charge is -2.35. The molecule has 1 aliphatic rings. The highest BCUT2D eigenvalue weighted by Crippen LogP contribution is 2.26. The second kappa shape index (κ2) is 7.16. The van der Waals surface area contributed by atoms with Crippen molar-refractivity contribution in [3.8, 4) is 11.5 Å². The predicted molar refractivity (Wildman–Crippen MR) is 93.9 cm³/mol. The number of nitrogens with zero attached hydrogens (tertiary/aromatic N) is 5. The third-order valence-corrected chi connectivity index (χ3v) is 4.68. The molecular formula is C18H22N6O. The number of aromatic amines is 1. The number of hydrogen-bond acceptors (Lipinski definition) is 5. The Morgan fingerprint density at radius 1 is 1.24 bits per heavy atom. The van der Waals surface area contributed by atoms with Gasteiger partial charge in [-0.25, -0.2) is 9.97 Å². The van der Waals surface area contributed by atoms with Gasteiger partial charge in [-0.15, -0.1) is 0 Å². The van der Waals surface area contributed by atoms with Gasteiger partial charge in [0.25, 0.3) is 0 Å². The number of nitrogens with one attached hydrogen (secondary N) is 1. The summed E-state index contributed by atoms with van der Waals surface area (Å²) < 4.78 is 7.71. The maximum atomic E-state index is 5.53. The van der Waals surface area contributed by atoms with Crippen LogP contribution in [0.3, 0.4) is 0 Å². The standard InChI is InChI=1S/C18H22N6O/c1-14-17(22-13-21-14)18-20-5-6-24(18)12-16(15-3-2-4-19-11-15)23-7-9-25-10-8-23/h2-6,11,13,16H,7-10,12H2,1H3,(H,21,22). The lowest BCUT2D eigenvalue weighted by atomic mass is 10.1. The van der Waals surface area contributed by atoms with Crippen molar-refractivity contribution in [2.75, 3.05) is 26.3 Å². The molecule has 7 nitrogen and oxygen atoms in total. The Kier molecular flexibility index (Phi) is 4.58. The minimum Gasteiger partial charge on any atom is -0.379 e. The minimum atomic E-state index is 0.227. The van der Waals surface area contributed by atoms with E-state index >= 15 is 0 Å². The van der Waals surface area contributed by atoms with E-state index in [0.29, 0.717) is 0 Å². The SMILES string of the molecule is Cc1[nH]cnc1-c1nccn1CC(c1cccnc1)N1CCOCC1. The number of ether oxygens (including phenoxy) is 1. The average Bonchev–Trinajstić information content (AvgIpc) is 3.29. The van der Waals surface area contributed by atoms with E-state index in [4.69, 9.17) is 4.74 Å². The van der Waals surface area contributed by atoms with Crippen LogP contribution in [0.5, 0.6) is 0 Å². The van der Waals surface area contributed by atoms with E-state index in [0.717, 1.165) is 50.1 Å². The number of pyridine rings is 1. The van der Waals surface area contributed by atoms with Crippen molar-refractivity contribution < 1.29 is 4.74 Å². The molecular weight excluding hydrogens is 316 g/mol. The summed E-state index contributed by atoms with van der Waals surface area (Å²) in [6.07, 6.45) is 9.34. The van der Waals surface area contributed by atoms with Crippen LogP contribution in [0.4, 0.5) is 0 Å². The zero-order valence-corrected chi connectivity index (χ0v) is 14.3. The lowest BCUT2D eigenvalue weighted by Crippen LogP contribution is -2.40. The molecule has 0 aliphatic carbocycles. The summed E-state index contributed by atoms with van der Waals surface area (Å²) >= 11 is 0. The molecule has 4 heterocycles. The van der Waals surface area contributed by atoms with Gasteiger partial charge in [0, 0.05) is 50.1 Å². The molecule has 1 aliphatic heterocycles. The largest absolute Gasteiger partial charge is 0.379 e. The van der Waals surface area contributed by atoms with Gasteiger partial charge in [0.2, 0.25) is 0 Å². The Morgan fingerprint density at radius 2 is 2.12 bits per heavy atom. The third-order valence-electron chi connectivity index (χ3n) is 4.68. The molecule has 1 fully saturated rings. The van der Waals surface area contributed by atoms with Crippen LogP contribution in [0.15, 0.2) is 43.2 Å². The number of aromatic nitrogens is 5. The van der Waals surface area contributed by atoms with Crippen LogP contribution >= 0.6 is 0 Å². The molecule has 0 saturated carbocycles. The lowest BCUT2D eigenvalue weighted by molar-refractivity contribution is 0.0123. The molecule has 1 N–H and O–H groups in total. The summed E-state index contributed by atoms with van der Waals surface area (Å²) in [5, 5.41) is 0. The monoisotopic (exact) mass is 338 g/mol. The number of imidazole rings is 2. The fourth-order valence-electron chi connectivity index (χ4n) is 3.34. The van der Waals surface area contributed by atoms with Crippen molar-refractivity contribution in [3.05, 3.63) is 54.5 Å². The van der Waals surface area contributed by atoms with Crippen LogP contribution in [0.1, 0.15) is 17.3 Å². The van der Waals surface area contributed by atoms with Crippen LogP contribution in [0.2, 0.25) is 0 Å². The van der Waals surface area contributed by atoms with Gasteiger partial charge in [0.05, 0.1) is 25.6 Å². The highest BCUT2D eigenvalue weighted by molar-refractivity contribution is 5.52. The fourth-order valence-corrected chi connectivity index (χ4v) is 3.34. The van der Waals surface area contributed by atoms with Gasteiger partial charge in [0.1, 0.15) is 5.69 Å². The van der Waals surface area contributed by atoms with E-state index in [1.807, 2.05) is 37.8 Å². The number of aryl methyl sites for hydroxylation is 1. The highest BCUT2D eigenvalue weighted by atomic mass is 16.5. The van der Waals surface area contributed by atoms with Gasteiger partial charge >= 0.3 is 0 Å². The van der Waals surface area contributed by atoms with Crippen LogP contribution in [-0.4, -0.2) is 55.7 Å². The molecule has 0 amide bonds. The Morgan fingerprint density at radius 3 is 2.84 bits per heavy atom. The van der Waals surface area contributed by atoms with Gasteiger partial charge in [-0.1, -0.05) is 6.07 Å². The van der Waals surface area contributed by atoms with Crippen LogP contribution in [0.25, 0.3) is 11.5 Å². The van der Waals surface area contributed by atoms with Crippen molar-refractivity contribution in [2.45, 2.75) is 19.5 Å². The molecule has 1 saturated heterocycles. The molecule has 0 bridgehead atoms. The second-order valence-corrected chi connectivity index (χ2v) is 6.23. The van der Waals surface area contributed by atoms with E-state index in [1.54, 1.807) is 6.33 Å². The van der Waals surface area contributed by atoms with Gasteiger partial charge < -0.3 is 14.3 Å². The normalized spacial score (nSPS) is 16.8. The smallest absolute Gasteiger partial charge is 0.160 e. The first-order chi connectivity index (χ1) is 12.3. The minimum absolute atomic E-state index is 0.227. The average molecular weight is 338 g/mol. The molecule has 7 heteroatoms. The summed E-state index contributed by atoms with van der Waals surface area (Å²) in [4.78, 5) is 18.9. The first kappa shape index (κ1) is 16.0. The highest BCUT2D eigenvalue weighted by Gasteiger charge is 2.24. The van der Waals surface area contributed by atoms with E-state index in [-0.39, 0.29) is 6.04 Å². The van der Waals surface area contributed by atoms with Gasteiger partial charge in [-0.2, -0.15) is 0 Å². The summed E-state index contributed by atoms with van der Waals surface area (Å²) in [5.41, 5.74) is 3.14. The molecule has 0 radical (unpaired) electrons. The molecule has 3 aromatic heterocycles. The topological polar surface area (TPSA) is 71.9 Å². The Balaban J connectivity index is 1.66. The summed E-state index contributed by atoms with van der Waals surface area (Å²) in [6.45, 7) is 6.20. The quantitative estimate of drug-likeness (QED) is 0.771. The maximum Gasteiger partial charge on any atom is 0.160 e. The Bertz CT molecular complexity index is 806. The Labute approximate surface area is 146 Å². The summed E-state index contributed by atoms with van der Waals surface area (Å²) in [7, 11) is 0. The van der Waals surface area contributed by atoms with Crippen LogP contribution in [-0.2, 0) is 11.3 Å². The number of H-pyrrole nitrogens is 1. The zero-order valence-electron chi connectivity index (χ0n) is 14.3. The predicted octanol–water partition coefficient (Wildman–Crippen LogP) is 2.05. The van der Waals surface area contributed by atoms with E-state index in [9.17, 15) is 0 Å². The van der Waals surface area contributed by atoms with Crippen molar-refractivity contribution in [2.24, 2.45) is 0 Å².